The number of nitrogens with zero attached hydrogens (tertiary/aromatic N) is 3. The molecule has 1 amide bonds. The van der Waals surface area contributed by atoms with Crippen LogP contribution in [0.5, 0.6) is 0 Å². The lowest BCUT2D eigenvalue weighted by molar-refractivity contribution is 0.102. The van der Waals surface area contributed by atoms with Crippen molar-refractivity contribution in [1.82, 2.24) is 14.5 Å². The largest absolute Gasteiger partial charge is 0.298 e. The molecule has 0 radical (unpaired) electrons. The van der Waals surface area contributed by atoms with Crippen LogP contribution in [-0.4, -0.2) is 20.4 Å². The number of aromatic nitrogens is 3. The first-order valence-corrected chi connectivity index (χ1v) is 10.3. The summed E-state index contributed by atoms with van der Waals surface area (Å²) in [7, 11) is 0. The fraction of sp³-hybridized carbons (Fsp3) is 0.238. The molecule has 3 heterocycles. The molecule has 0 fully saturated rings. The van der Waals surface area contributed by atoms with Crippen molar-refractivity contribution >= 4 is 43.5 Å². The highest BCUT2D eigenvalue weighted by molar-refractivity contribution is 7.22. The van der Waals surface area contributed by atoms with E-state index < -0.39 is 0 Å². The summed E-state index contributed by atoms with van der Waals surface area (Å²) in [6.07, 6.45) is 3.84. The van der Waals surface area contributed by atoms with E-state index in [-0.39, 0.29) is 17.3 Å². The van der Waals surface area contributed by atoms with Gasteiger partial charge in [-0.2, -0.15) is 0 Å². The summed E-state index contributed by atoms with van der Waals surface area (Å²) >= 11 is 1.21. The van der Waals surface area contributed by atoms with Crippen molar-refractivity contribution in [2.45, 2.75) is 32.2 Å². The fourth-order valence-electron chi connectivity index (χ4n) is 3.68. The maximum absolute atomic E-state index is 13.4. The molecule has 1 aliphatic rings. The minimum atomic E-state index is -0.344. The van der Waals surface area contributed by atoms with Gasteiger partial charge in [-0.15, -0.1) is 0 Å². The van der Waals surface area contributed by atoms with Gasteiger partial charge in [0.05, 0.1) is 21.1 Å². The van der Waals surface area contributed by atoms with Crippen LogP contribution in [0.1, 0.15) is 35.4 Å². The van der Waals surface area contributed by atoms with E-state index in [0.717, 1.165) is 31.5 Å². The van der Waals surface area contributed by atoms with E-state index in [1.165, 1.54) is 23.5 Å². The molecule has 8 heteroatoms. The Morgan fingerprint density at radius 3 is 2.86 bits per heavy atom. The number of anilines is 1. The lowest BCUT2D eigenvalue weighted by Crippen LogP contribution is -2.24. The van der Waals surface area contributed by atoms with Crippen LogP contribution in [0.2, 0.25) is 0 Å². The van der Waals surface area contributed by atoms with Gasteiger partial charge in [0.2, 0.25) is 0 Å². The number of halogens is 1. The van der Waals surface area contributed by atoms with Gasteiger partial charge in [0.1, 0.15) is 11.6 Å². The summed E-state index contributed by atoms with van der Waals surface area (Å²) in [6, 6.07) is 9.23. The van der Waals surface area contributed by atoms with Crippen LogP contribution in [0.15, 0.2) is 41.2 Å². The first-order chi connectivity index (χ1) is 14.1. The number of benzene rings is 2. The van der Waals surface area contributed by atoms with E-state index in [4.69, 9.17) is 0 Å². The third kappa shape index (κ3) is 3.29. The predicted octanol–water partition coefficient (Wildman–Crippen LogP) is 4.12. The second kappa shape index (κ2) is 7.04. The molecule has 0 saturated heterocycles. The molecule has 0 unspecified atom stereocenters. The van der Waals surface area contributed by atoms with E-state index in [2.05, 4.69) is 15.3 Å². The maximum Gasteiger partial charge on any atom is 0.261 e. The first kappa shape index (κ1) is 17.9. The zero-order valence-corrected chi connectivity index (χ0v) is 16.3. The van der Waals surface area contributed by atoms with Gasteiger partial charge >= 0.3 is 0 Å². The van der Waals surface area contributed by atoms with Crippen molar-refractivity contribution in [3.63, 3.8) is 0 Å². The Hall–Kier alpha value is -3.13. The molecule has 5 rings (SSSR count). The lowest BCUT2D eigenvalue weighted by Gasteiger charge is -2.10. The molecule has 0 aliphatic carbocycles. The molecule has 29 heavy (non-hydrogen) atoms. The molecule has 0 saturated carbocycles. The van der Waals surface area contributed by atoms with Crippen LogP contribution < -0.4 is 10.9 Å². The summed E-state index contributed by atoms with van der Waals surface area (Å²) in [4.78, 5) is 34.5. The standard InChI is InChI=1S/C21H17FN4O2S/c22-13-6-8-15-17(11-13)29-21(24-15)25-19(27)12-5-7-14-16(10-12)23-18-4-2-1-3-9-26(18)20(14)28/h5-8,10-11H,1-4,9H2,(H,24,25,27). The minimum Gasteiger partial charge on any atom is -0.298 e. The molecule has 2 aromatic heterocycles. The summed E-state index contributed by atoms with van der Waals surface area (Å²) in [5, 5.41) is 3.66. The Morgan fingerprint density at radius 1 is 1.07 bits per heavy atom. The Bertz CT molecular complexity index is 1330. The maximum atomic E-state index is 13.4. The van der Waals surface area contributed by atoms with Crippen molar-refractivity contribution in [2.75, 3.05) is 5.32 Å². The van der Waals surface area contributed by atoms with E-state index in [1.807, 2.05) is 0 Å². The van der Waals surface area contributed by atoms with Crippen LogP contribution >= 0.6 is 11.3 Å². The molecule has 2 aromatic carbocycles. The first-order valence-electron chi connectivity index (χ1n) is 9.49. The van der Waals surface area contributed by atoms with Crippen LogP contribution in [-0.2, 0) is 13.0 Å². The SMILES string of the molecule is O=C(Nc1nc2ccc(F)cc2s1)c1ccc2c(=O)n3c(nc2c1)CCCCC3. The molecule has 146 valence electrons. The Morgan fingerprint density at radius 2 is 1.97 bits per heavy atom. The van der Waals surface area contributed by atoms with Gasteiger partial charge in [0.15, 0.2) is 5.13 Å². The quantitative estimate of drug-likeness (QED) is 0.541. The highest BCUT2D eigenvalue weighted by Gasteiger charge is 2.16. The predicted molar refractivity (Wildman–Crippen MR) is 111 cm³/mol. The highest BCUT2D eigenvalue weighted by Crippen LogP contribution is 2.27. The number of nitrogens with one attached hydrogen (secondary N) is 1. The number of amides is 1. The summed E-state index contributed by atoms with van der Waals surface area (Å²) in [6.45, 7) is 0.692. The van der Waals surface area contributed by atoms with Gasteiger partial charge < -0.3 is 0 Å². The number of hydrogen-bond acceptors (Lipinski definition) is 5. The average molecular weight is 408 g/mol. The van der Waals surface area contributed by atoms with Crippen LogP contribution in [0.3, 0.4) is 0 Å². The molecule has 1 aliphatic heterocycles. The summed E-state index contributed by atoms with van der Waals surface area (Å²) in [5.41, 5.74) is 1.50. The molecule has 1 N–H and O–H groups in total. The molecule has 6 nitrogen and oxygen atoms in total. The van der Waals surface area contributed by atoms with Crippen molar-refractivity contribution in [3.05, 3.63) is 64.0 Å². The van der Waals surface area contributed by atoms with Gasteiger partial charge in [-0.05, 0) is 49.2 Å². The summed E-state index contributed by atoms with van der Waals surface area (Å²) in [5.74, 6) is 0.0964. The van der Waals surface area contributed by atoms with Crippen LogP contribution in [0, 0.1) is 5.82 Å². The minimum absolute atomic E-state index is 0.0490. The fourth-order valence-corrected chi connectivity index (χ4v) is 4.57. The lowest BCUT2D eigenvalue weighted by atomic mass is 10.1. The topological polar surface area (TPSA) is 76.9 Å². The number of aryl methyl sites for hydroxylation is 1. The number of thiazole rings is 1. The number of fused-ring (bicyclic) bond motifs is 3. The van der Waals surface area contributed by atoms with Gasteiger partial charge in [0, 0.05) is 18.5 Å². The monoisotopic (exact) mass is 408 g/mol. The molecule has 0 atom stereocenters. The number of rotatable bonds is 2. The summed E-state index contributed by atoms with van der Waals surface area (Å²) < 4.78 is 15.8. The molecular weight excluding hydrogens is 391 g/mol. The molecule has 4 aromatic rings. The van der Waals surface area contributed by atoms with Gasteiger partial charge in [-0.1, -0.05) is 17.8 Å². The molecule has 0 spiro atoms. The van der Waals surface area contributed by atoms with Gasteiger partial charge in [0.25, 0.3) is 11.5 Å². The third-order valence-corrected chi connectivity index (χ3v) is 6.08. The second-order valence-electron chi connectivity index (χ2n) is 7.11. The Labute approximate surface area is 169 Å². The highest BCUT2D eigenvalue weighted by atomic mass is 32.1. The normalized spacial score (nSPS) is 14.0. The zero-order valence-electron chi connectivity index (χ0n) is 15.4. The van der Waals surface area contributed by atoms with E-state index in [1.54, 1.807) is 28.8 Å². The van der Waals surface area contributed by atoms with Crippen molar-refractivity contribution in [2.24, 2.45) is 0 Å². The third-order valence-electron chi connectivity index (χ3n) is 5.15. The average Bonchev–Trinajstić information content (AvgIpc) is 2.94. The van der Waals surface area contributed by atoms with Gasteiger partial charge in [-0.25, -0.2) is 14.4 Å². The van der Waals surface area contributed by atoms with Gasteiger partial charge in [-0.3, -0.25) is 19.5 Å². The van der Waals surface area contributed by atoms with Crippen molar-refractivity contribution in [1.29, 1.82) is 0 Å². The van der Waals surface area contributed by atoms with Crippen molar-refractivity contribution < 1.29 is 9.18 Å². The smallest absolute Gasteiger partial charge is 0.261 e. The van der Waals surface area contributed by atoms with E-state index >= 15 is 0 Å². The van der Waals surface area contributed by atoms with E-state index in [0.29, 0.717) is 38.4 Å². The number of carbonyl (C=O) groups excluding carboxylic acids is 1. The van der Waals surface area contributed by atoms with Crippen LogP contribution in [0.25, 0.3) is 21.1 Å². The number of hydrogen-bond donors (Lipinski definition) is 1. The van der Waals surface area contributed by atoms with E-state index in [9.17, 15) is 14.0 Å². The molecular formula is C21H17FN4O2S. The Kier molecular flexibility index (Phi) is 4.35. The van der Waals surface area contributed by atoms with Crippen molar-refractivity contribution in [3.8, 4) is 0 Å². The Balaban J connectivity index is 1.49. The van der Waals surface area contributed by atoms with Crippen LogP contribution in [0.4, 0.5) is 9.52 Å². The zero-order chi connectivity index (χ0) is 20.0. The second-order valence-corrected chi connectivity index (χ2v) is 8.14. The molecule has 0 bridgehead atoms. The number of carbonyl (C=O) groups is 1.